The smallest absolute Gasteiger partial charge is 0 e. The van der Waals surface area contributed by atoms with Gasteiger partial charge in [0, 0.05) is 157 Å². The van der Waals surface area contributed by atoms with E-state index in [4.69, 9.17) is 0 Å². The van der Waals surface area contributed by atoms with E-state index in [-0.39, 0.29) is 157 Å². The average molecular weight is 298 g/mol. The molecule has 0 spiro atoms. The molecule has 0 bridgehead atoms. The van der Waals surface area contributed by atoms with E-state index in [0.29, 0.717) is 0 Å². The fraction of sp³-hybridized carbons (Fsp3) is 0. The van der Waals surface area contributed by atoms with Crippen molar-refractivity contribution in [3.63, 3.8) is 0 Å². The van der Waals surface area contributed by atoms with Crippen molar-refractivity contribution in [2.24, 2.45) is 0 Å². The molecule has 0 rings (SSSR count). The monoisotopic (exact) mass is 298 g/mol. The normalized spacial score (nSPS) is 0. The maximum Gasteiger partial charge on any atom is 0 e. The van der Waals surface area contributed by atoms with Gasteiger partial charge in [0.1, 0.15) is 0 Å². The van der Waals surface area contributed by atoms with Crippen molar-refractivity contribution in [1.29, 1.82) is 0 Å². The van der Waals surface area contributed by atoms with Crippen LogP contribution in [0.2, 0.25) is 0 Å². The molecule has 0 nitrogen and oxygen atoms in total. The second-order valence-electron chi connectivity index (χ2n) is 0. The van der Waals surface area contributed by atoms with Crippen molar-refractivity contribution in [2.75, 3.05) is 0 Å². The van der Waals surface area contributed by atoms with E-state index in [0.717, 1.165) is 0 Å². The Labute approximate surface area is 153 Å². The van der Waals surface area contributed by atoms with Crippen molar-refractivity contribution in [1.82, 2.24) is 0 Å². The SMILES string of the molecule is [Na].[Na].[Na].[Na].[Rh].[Rh]. The summed E-state index contributed by atoms with van der Waals surface area (Å²) in [6.45, 7) is 0. The molecule has 0 heterocycles. The molecule has 0 aliphatic heterocycles. The molecule has 0 saturated carbocycles. The van der Waals surface area contributed by atoms with Gasteiger partial charge >= 0.3 is 0 Å². The van der Waals surface area contributed by atoms with Gasteiger partial charge in [0.2, 0.25) is 0 Å². The van der Waals surface area contributed by atoms with Gasteiger partial charge in [-0.05, 0) is 0 Å². The third kappa shape index (κ3) is 22.8. The summed E-state index contributed by atoms with van der Waals surface area (Å²) in [4.78, 5) is 0. The van der Waals surface area contributed by atoms with Crippen LogP contribution in [0.3, 0.4) is 0 Å². The summed E-state index contributed by atoms with van der Waals surface area (Å²) < 4.78 is 0. The van der Waals surface area contributed by atoms with Gasteiger partial charge in [0.05, 0.1) is 0 Å². The molecule has 0 unspecified atom stereocenters. The third-order valence-corrected chi connectivity index (χ3v) is 0. The van der Waals surface area contributed by atoms with Crippen molar-refractivity contribution < 1.29 is 39.0 Å². The van der Waals surface area contributed by atoms with E-state index < -0.39 is 0 Å². The summed E-state index contributed by atoms with van der Waals surface area (Å²) in [6.07, 6.45) is 0. The van der Waals surface area contributed by atoms with Gasteiger partial charge in [-0.25, -0.2) is 0 Å². The predicted molar refractivity (Wildman–Crippen MR) is 23.0 cm³/mol. The van der Waals surface area contributed by atoms with Crippen molar-refractivity contribution in [3.8, 4) is 0 Å². The molecule has 22 valence electrons. The Morgan fingerprint density at radius 3 is 0.333 bits per heavy atom. The zero-order chi connectivity index (χ0) is 0. The zero-order valence-electron chi connectivity index (χ0n) is 4.67. The maximum atomic E-state index is 0. The summed E-state index contributed by atoms with van der Waals surface area (Å²) in [6, 6.07) is 0. The van der Waals surface area contributed by atoms with Crippen LogP contribution >= 0.6 is 0 Å². The first-order valence-corrected chi connectivity index (χ1v) is 0. The first-order chi connectivity index (χ1) is 0. The van der Waals surface area contributed by atoms with Crippen molar-refractivity contribution in [2.45, 2.75) is 0 Å². The van der Waals surface area contributed by atoms with Crippen LogP contribution in [0, 0.1) is 0 Å². The molecule has 0 fully saturated rings. The quantitative estimate of drug-likeness (QED) is 0.476. The molecule has 0 atom stereocenters. The minimum Gasteiger partial charge on any atom is 0 e. The van der Waals surface area contributed by atoms with Gasteiger partial charge in [-0.1, -0.05) is 0 Å². The van der Waals surface area contributed by atoms with Gasteiger partial charge in [-0.3, -0.25) is 0 Å². The van der Waals surface area contributed by atoms with Crippen LogP contribution in [-0.4, -0.2) is 118 Å². The summed E-state index contributed by atoms with van der Waals surface area (Å²) >= 11 is 0. The Bertz CT molecular complexity index is 5.51. The molecule has 0 N–H and O–H groups in total. The molecule has 0 aliphatic rings. The molecule has 6 heavy (non-hydrogen) atoms. The number of hydrogen-bond donors (Lipinski definition) is 0. The number of rotatable bonds is 0. The molecule has 0 aromatic heterocycles. The fourth-order valence-electron chi connectivity index (χ4n) is 0. The Kier molecular flexibility index (Phi) is 228. The average Bonchev–Trinajstić information content (AvgIpc) is 0. The van der Waals surface area contributed by atoms with Crippen molar-refractivity contribution in [3.05, 3.63) is 0 Å². The van der Waals surface area contributed by atoms with Crippen LogP contribution in [0.5, 0.6) is 0 Å². The van der Waals surface area contributed by atoms with Crippen LogP contribution in [-0.2, 0) is 39.0 Å². The standard InChI is InChI=1S/4Na.2Rh. The molecule has 6 heteroatoms. The zero-order valence-corrected chi connectivity index (χ0v) is 15.9. The van der Waals surface area contributed by atoms with E-state index in [9.17, 15) is 0 Å². The molecule has 0 saturated heterocycles. The van der Waals surface area contributed by atoms with E-state index in [1.807, 2.05) is 0 Å². The summed E-state index contributed by atoms with van der Waals surface area (Å²) in [5.74, 6) is 0. The van der Waals surface area contributed by atoms with Crippen LogP contribution in [0.25, 0.3) is 0 Å². The summed E-state index contributed by atoms with van der Waals surface area (Å²) in [5.41, 5.74) is 0. The molecule has 6 radical (unpaired) electrons. The van der Waals surface area contributed by atoms with Gasteiger partial charge in [0.25, 0.3) is 0 Å². The Morgan fingerprint density at radius 1 is 0.333 bits per heavy atom. The van der Waals surface area contributed by atoms with Crippen LogP contribution in [0.15, 0.2) is 0 Å². The predicted octanol–water partition coefficient (Wildman–Crippen LogP) is -1.53. The van der Waals surface area contributed by atoms with E-state index >= 15 is 0 Å². The molecule has 0 aromatic rings. The van der Waals surface area contributed by atoms with Crippen LogP contribution in [0.4, 0.5) is 0 Å². The molecular weight excluding hydrogens is 298 g/mol. The molecule has 0 aromatic carbocycles. The largest absolute Gasteiger partial charge is 0 e. The minimum atomic E-state index is 0. The summed E-state index contributed by atoms with van der Waals surface area (Å²) in [5, 5.41) is 0. The van der Waals surface area contributed by atoms with E-state index in [1.54, 1.807) is 0 Å². The minimum absolute atomic E-state index is 0. The van der Waals surface area contributed by atoms with E-state index in [2.05, 4.69) is 0 Å². The Hall–Kier alpha value is 5.25. The first kappa shape index (κ1) is 42.9. The Balaban J connectivity index is 0. The first-order valence-electron chi connectivity index (χ1n) is 0. The van der Waals surface area contributed by atoms with Gasteiger partial charge in [0.15, 0.2) is 0 Å². The van der Waals surface area contributed by atoms with Crippen LogP contribution in [0.1, 0.15) is 0 Å². The van der Waals surface area contributed by atoms with Gasteiger partial charge in [-0.15, -0.1) is 0 Å². The van der Waals surface area contributed by atoms with Crippen molar-refractivity contribution >= 4 is 118 Å². The second kappa shape index (κ2) is 31.8. The maximum absolute atomic E-state index is 0. The second-order valence-corrected chi connectivity index (χ2v) is 0. The van der Waals surface area contributed by atoms with Gasteiger partial charge in [-0.2, -0.15) is 0 Å². The fourth-order valence-corrected chi connectivity index (χ4v) is 0. The topological polar surface area (TPSA) is 0 Å². The third-order valence-electron chi connectivity index (χ3n) is 0. The summed E-state index contributed by atoms with van der Waals surface area (Å²) in [7, 11) is 0. The molecular formula is Na4Rh2. The molecule has 0 aliphatic carbocycles. The van der Waals surface area contributed by atoms with Crippen LogP contribution < -0.4 is 0 Å². The number of hydrogen-bond acceptors (Lipinski definition) is 0. The van der Waals surface area contributed by atoms with Gasteiger partial charge < -0.3 is 0 Å². The molecule has 0 amide bonds. The Morgan fingerprint density at radius 2 is 0.333 bits per heavy atom. The van der Waals surface area contributed by atoms with E-state index in [1.165, 1.54) is 0 Å².